The quantitative estimate of drug-likeness (QED) is 0.189. The van der Waals surface area contributed by atoms with E-state index >= 15 is 0 Å². The first-order valence-corrected chi connectivity index (χ1v) is 17.0. The third-order valence-corrected chi connectivity index (χ3v) is 10.1. The first-order valence-electron chi connectivity index (χ1n) is 14.4. The number of nitrogens with one attached hydrogen (secondary N) is 1. The van der Waals surface area contributed by atoms with E-state index < -0.39 is 34.4 Å². The fourth-order valence-electron chi connectivity index (χ4n) is 4.69. The molecule has 3 rings (SSSR count). The third-order valence-electron chi connectivity index (χ3n) is 7.41. The van der Waals surface area contributed by atoms with E-state index in [-0.39, 0.29) is 56.2 Å². The van der Waals surface area contributed by atoms with E-state index in [1.807, 2.05) is 13.8 Å². The van der Waals surface area contributed by atoms with Crippen LogP contribution in [0.3, 0.4) is 0 Å². The minimum Gasteiger partial charge on any atom is -0.495 e. The number of hydrogen-bond acceptors (Lipinski definition) is 7. The topological polar surface area (TPSA) is 114 Å². The molecule has 0 saturated heterocycles. The summed E-state index contributed by atoms with van der Waals surface area (Å²) < 4.78 is 45.8. The molecule has 0 aliphatic rings. The van der Waals surface area contributed by atoms with E-state index in [0.29, 0.717) is 17.7 Å². The van der Waals surface area contributed by atoms with Crippen LogP contribution in [0.25, 0.3) is 0 Å². The number of nitrogens with zero attached hydrogens (tertiary/aromatic N) is 2. The van der Waals surface area contributed by atoms with E-state index in [1.54, 1.807) is 25.1 Å². The molecule has 46 heavy (non-hydrogen) atoms. The number of carbonyl (C=O) groups is 2. The van der Waals surface area contributed by atoms with Gasteiger partial charge in [0.25, 0.3) is 10.0 Å². The molecule has 0 fully saturated rings. The molecule has 14 heteroatoms. The largest absolute Gasteiger partial charge is 0.495 e. The number of benzene rings is 3. The number of anilines is 1. The van der Waals surface area contributed by atoms with Gasteiger partial charge >= 0.3 is 0 Å². The number of methoxy groups -OCH3 is 3. The maximum atomic E-state index is 14.4. The van der Waals surface area contributed by atoms with Gasteiger partial charge < -0.3 is 24.4 Å². The molecule has 0 aromatic heterocycles. The molecule has 0 unspecified atom stereocenters. The summed E-state index contributed by atoms with van der Waals surface area (Å²) in [5.74, 6) is -0.485. The minimum absolute atomic E-state index is 0.00552. The molecular weight excluding hydrogens is 677 g/mol. The molecule has 1 N–H and O–H groups in total. The summed E-state index contributed by atoms with van der Waals surface area (Å²) in [5.41, 5.74) is 0.412. The van der Waals surface area contributed by atoms with E-state index in [9.17, 15) is 18.0 Å². The summed E-state index contributed by atoms with van der Waals surface area (Å²) in [5, 5.41) is 3.70. The number of rotatable bonds is 15. The zero-order valence-electron chi connectivity index (χ0n) is 26.5. The summed E-state index contributed by atoms with van der Waals surface area (Å²) in [6, 6.07) is 12.2. The Balaban J connectivity index is 2.21. The highest BCUT2D eigenvalue weighted by molar-refractivity contribution is 7.92. The molecule has 0 radical (unpaired) electrons. The first kappa shape index (κ1) is 37.1. The standard InChI is InChI=1S/C32H38Cl3N3O7S/c1-7-20(3)36-32(40)26(8-2)37(18-23-24(34)10-9-11-25(23)35)31(39)19-38(27-16-21(33)12-14-28(27)43-4)46(41,42)22-13-15-29(44-5)30(17-22)45-6/h9-17,20,26H,7-8,18-19H2,1-6H3,(H,36,40)/t20-,26+/m0/s1. The number of ether oxygens (including phenoxy) is 3. The number of carbonyl (C=O) groups excluding carboxylic acids is 2. The second-order valence-corrected chi connectivity index (χ2v) is 13.4. The van der Waals surface area contributed by atoms with E-state index in [2.05, 4.69) is 5.32 Å². The van der Waals surface area contributed by atoms with Crippen LogP contribution in [0.1, 0.15) is 39.2 Å². The van der Waals surface area contributed by atoms with Crippen LogP contribution in [0.5, 0.6) is 17.2 Å². The number of sulfonamides is 1. The highest BCUT2D eigenvalue weighted by Gasteiger charge is 2.36. The molecule has 3 aromatic rings. The maximum absolute atomic E-state index is 14.4. The Labute approximate surface area is 285 Å². The molecule has 0 heterocycles. The monoisotopic (exact) mass is 713 g/mol. The van der Waals surface area contributed by atoms with E-state index in [1.165, 1.54) is 62.6 Å². The van der Waals surface area contributed by atoms with Gasteiger partial charge in [0.05, 0.1) is 31.9 Å². The predicted molar refractivity (Wildman–Crippen MR) is 181 cm³/mol. The number of halogens is 3. The molecule has 2 atom stereocenters. The minimum atomic E-state index is -4.50. The van der Waals surface area contributed by atoms with Gasteiger partial charge in [0.2, 0.25) is 11.8 Å². The van der Waals surface area contributed by atoms with Crippen molar-refractivity contribution >= 4 is 62.3 Å². The Morgan fingerprint density at radius 1 is 0.848 bits per heavy atom. The van der Waals surface area contributed by atoms with Gasteiger partial charge in [-0.2, -0.15) is 0 Å². The lowest BCUT2D eigenvalue weighted by atomic mass is 10.1. The lowest BCUT2D eigenvalue weighted by molar-refractivity contribution is -0.140. The van der Waals surface area contributed by atoms with Gasteiger partial charge in [-0.05, 0) is 62.2 Å². The SMILES string of the molecule is CC[C@H](C(=O)N[C@@H](C)CC)N(Cc1c(Cl)cccc1Cl)C(=O)CN(c1cc(Cl)ccc1OC)S(=O)(=O)c1ccc(OC)c(OC)c1. The summed E-state index contributed by atoms with van der Waals surface area (Å²) in [7, 11) is -0.323. The van der Waals surface area contributed by atoms with Crippen LogP contribution in [0.15, 0.2) is 59.5 Å². The van der Waals surface area contributed by atoms with Crippen molar-refractivity contribution in [3.8, 4) is 17.2 Å². The normalized spacial score (nSPS) is 12.5. The first-order chi connectivity index (χ1) is 21.8. The van der Waals surface area contributed by atoms with Crippen LogP contribution in [-0.4, -0.2) is 65.1 Å². The summed E-state index contributed by atoms with van der Waals surface area (Å²) in [6.07, 6.45) is 0.886. The van der Waals surface area contributed by atoms with Gasteiger partial charge in [-0.25, -0.2) is 8.42 Å². The van der Waals surface area contributed by atoms with Crippen molar-refractivity contribution in [1.29, 1.82) is 0 Å². The molecule has 0 saturated carbocycles. The van der Waals surface area contributed by atoms with Crippen molar-refractivity contribution in [2.45, 2.75) is 57.1 Å². The molecule has 0 aliphatic carbocycles. The molecular formula is C32H38Cl3N3O7S. The average Bonchev–Trinajstić information content (AvgIpc) is 3.04. The van der Waals surface area contributed by atoms with Gasteiger partial charge in [-0.15, -0.1) is 0 Å². The maximum Gasteiger partial charge on any atom is 0.265 e. The number of hydrogen-bond donors (Lipinski definition) is 1. The fraction of sp³-hybridized carbons (Fsp3) is 0.375. The molecule has 250 valence electrons. The Bertz CT molecular complexity index is 1640. The van der Waals surface area contributed by atoms with Crippen LogP contribution in [0, 0.1) is 0 Å². The highest BCUT2D eigenvalue weighted by Crippen LogP contribution is 2.37. The van der Waals surface area contributed by atoms with Gasteiger partial charge in [-0.1, -0.05) is 54.7 Å². The molecule has 0 spiro atoms. The van der Waals surface area contributed by atoms with Crippen molar-refractivity contribution in [2.75, 3.05) is 32.2 Å². The van der Waals surface area contributed by atoms with Crippen molar-refractivity contribution < 1.29 is 32.2 Å². The lowest BCUT2D eigenvalue weighted by Crippen LogP contribution is -2.53. The smallest absolute Gasteiger partial charge is 0.265 e. The van der Waals surface area contributed by atoms with Crippen molar-refractivity contribution in [1.82, 2.24) is 10.2 Å². The van der Waals surface area contributed by atoms with Crippen LogP contribution >= 0.6 is 34.8 Å². The second-order valence-electron chi connectivity index (χ2n) is 10.3. The zero-order chi connectivity index (χ0) is 34.2. The average molecular weight is 715 g/mol. The van der Waals surface area contributed by atoms with Crippen LogP contribution < -0.4 is 23.8 Å². The molecule has 10 nitrogen and oxygen atoms in total. The van der Waals surface area contributed by atoms with Crippen molar-refractivity contribution in [3.63, 3.8) is 0 Å². The zero-order valence-corrected chi connectivity index (χ0v) is 29.6. The van der Waals surface area contributed by atoms with Gasteiger partial charge in [0.1, 0.15) is 18.3 Å². The molecule has 0 bridgehead atoms. The summed E-state index contributed by atoms with van der Waals surface area (Å²) >= 11 is 19.3. The van der Waals surface area contributed by atoms with E-state index in [4.69, 9.17) is 49.0 Å². The third kappa shape index (κ3) is 8.50. The van der Waals surface area contributed by atoms with Gasteiger partial charge in [0, 0.05) is 39.3 Å². The van der Waals surface area contributed by atoms with Crippen molar-refractivity contribution in [3.05, 3.63) is 75.2 Å². The lowest BCUT2D eigenvalue weighted by Gasteiger charge is -2.34. The van der Waals surface area contributed by atoms with Gasteiger partial charge in [-0.3, -0.25) is 13.9 Å². The predicted octanol–water partition coefficient (Wildman–Crippen LogP) is 6.59. The molecule has 2 amide bonds. The Morgan fingerprint density at radius 3 is 2.02 bits per heavy atom. The Hall–Kier alpha value is -3.38. The van der Waals surface area contributed by atoms with Crippen LogP contribution in [0.2, 0.25) is 15.1 Å². The van der Waals surface area contributed by atoms with Crippen LogP contribution in [-0.2, 0) is 26.2 Å². The van der Waals surface area contributed by atoms with Gasteiger partial charge in [0.15, 0.2) is 11.5 Å². The van der Waals surface area contributed by atoms with E-state index in [0.717, 1.165) is 4.31 Å². The summed E-state index contributed by atoms with van der Waals surface area (Å²) in [4.78, 5) is 29.1. The Morgan fingerprint density at radius 2 is 1.46 bits per heavy atom. The highest BCUT2D eigenvalue weighted by atomic mass is 35.5. The Kier molecular flexibility index (Phi) is 13.3. The summed E-state index contributed by atoms with van der Waals surface area (Å²) in [6.45, 7) is 4.63. The van der Waals surface area contributed by atoms with Crippen molar-refractivity contribution in [2.24, 2.45) is 0 Å². The van der Waals surface area contributed by atoms with Crippen LogP contribution in [0.4, 0.5) is 5.69 Å². The second kappa shape index (κ2) is 16.4. The fourth-order valence-corrected chi connectivity index (χ4v) is 6.81. The molecule has 0 aliphatic heterocycles. The number of amides is 2. The molecule has 3 aromatic carbocycles.